The van der Waals surface area contributed by atoms with Crippen molar-refractivity contribution in [3.63, 3.8) is 0 Å². The number of hydrogen-bond donors (Lipinski definition) is 1. The highest BCUT2D eigenvalue weighted by atomic mass is 31.0. The lowest BCUT2D eigenvalue weighted by molar-refractivity contribution is -0.0892. The molecule has 0 aromatic rings. The lowest BCUT2D eigenvalue weighted by Gasteiger charge is -2.43. The molecule has 0 spiro atoms. The molecule has 0 fully saturated rings. The van der Waals surface area contributed by atoms with Crippen molar-refractivity contribution in [2.45, 2.75) is 30.8 Å². The summed E-state index contributed by atoms with van der Waals surface area (Å²) >= 11 is 0. The van der Waals surface area contributed by atoms with Gasteiger partial charge in [0.25, 0.3) is 0 Å². The fourth-order valence-corrected chi connectivity index (χ4v) is 2.77. The van der Waals surface area contributed by atoms with Crippen LogP contribution in [-0.4, -0.2) is 29.0 Å². The number of rotatable bonds is 4. The highest BCUT2D eigenvalue weighted by molar-refractivity contribution is 7.10. The minimum absolute atomic E-state index is 0.303. The molecule has 1 N–H and O–H groups in total. The van der Waals surface area contributed by atoms with Crippen molar-refractivity contribution < 1.29 is 18.7 Å². The predicted octanol–water partition coefficient (Wildman–Crippen LogP) is 1.39. The highest BCUT2D eigenvalue weighted by Crippen LogP contribution is 2.37. The van der Waals surface area contributed by atoms with Crippen LogP contribution in [0.1, 0.15) is 6.92 Å². The van der Waals surface area contributed by atoms with E-state index in [1.54, 1.807) is 18.2 Å². The Morgan fingerprint density at radius 3 is 2.38 bits per heavy atom. The van der Waals surface area contributed by atoms with Gasteiger partial charge in [0, 0.05) is 28.4 Å². The van der Waals surface area contributed by atoms with Crippen LogP contribution in [-0.2, 0) is 13.6 Å². The van der Waals surface area contributed by atoms with Gasteiger partial charge in [-0.15, -0.1) is 0 Å². The molecule has 7 heteroatoms. The Morgan fingerprint density at radius 2 is 1.94 bits per heavy atom. The van der Waals surface area contributed by atoms with E-state index < -0.39 is 17.8 Å². The SMILES string of the molecule is C/C=C\[C@]1(OP)[C@H](O)C=C[C@H](OP)[C@H]1OP. The second-order valence-electron chi connectivity index (χ2n) is 3.46. The smallest absolute Gasteiger partial charge is 0.148 e. The maximum absolute atomic E-state index is 10.0. The molecule has 4 nitrogen and oxygen atoms in total. The Morgan fingerprint density at radius 1 is 1.25 bits per heavy atom. The molecule has 0 heterocycles. The van der Waals surface area contributed by atoms with Crippen LogP contribution in [0.2, 0.25) is 0 Å². The van der Waals surface area contributed by atoms with Crippen LogP contribution in [0.25, 0.3) is 0 Å². The summed E-state index contributed by atoms with van der Waals surface area (Å²) in [6.07, 6.45) is 5.41. The van der Waals surface area contributed by atoms with Crippen LogP contribution in [0.5, 0.6) is 0 Å². The fraction of sp³-hybridized carbons (Fsp3) is 0.556. The van der Waals surface area contributed by atoms with Gasteiger partial charge in [-0.3, -0.25) is 0 Å². The first-order valence-corrected chi connectivity index (χ1v) is 6.17. The van der Waals surface area contributed by atoms with Crippen LogP contribution >= 0.6 is 28.4 Å². The molecule has 1 aliphatic rings. The van der Waals surface area contributed by atoms with E-state index >= 15 is 0 Å². The van der Waals surface area contributed by atoms with Crippen LogP contribution in [0, 0.1) is 0 Å². The summed E-state index contributed by atoms with van der Waals surface area (Å²) in [6, 6.07) is 0. The zero-order valence-electron chi connectivity index (χ0n) is 8.95. The number of allylic oxidation sites excluding steroid dienone is 1. The zero-order chi connectivity index (χ0) is 12.2. The van der Waals surface area contributed by atoms with Crippen molar-refractivity contribution >= 4 is 28.4 Å². The summed E-state index contributed by atoms with van der Waals surface area (Å²) in [7, 11) is 6.54. The van der Waals surface area contributed by atoms with E-state index in [0.29, 0.717) is 0 Å². The summed E-state index contributed by atoms with van der Waals surface area (Å²) in [6.45, 7) is 1.85. The molecule has 0 saturated carbocycles. The van der Waals surface area contributed by atoms with E-state index in [0.717, 1.165) is 0 Å². The third-order valence-electron chi connectivity index (χ3n) is 2.62. The maximum atomic E-state index is 10.0. The molecule has 3 unspecified atom stereocenters. The second kappa shape index (κ2) is 6.52. The van der Waals surface area contributed by atoms with Gasteiger partial charge in [0.05, 0.1) is 0 Å². The van der Waals surface area contributed by atoms with E-state index in [4.69, 9.17) is 13.6 Å². The van der Waals surface area contributed by atoms with E-state index in [-0.39, 0.29) is 6.10 Å². The lowest BCUT2D eigenvalue weighted by atomic mass is 9.82. The molecule has 0 amide bonds. The molecule has 0 aliphatic heterocycles. The van der Waals surface area contributed by atoms with Gasteiger partial charge in [0.1, 0.15) is 23.9 Å². The maximum Gasteiger partial charge on any atom is 0.148 e. The van der Waals surface area contributed by atoms with E-state index in [9.17, 15) is 5.11 Å². The molecule has 7 atom stereocenters. The first-order valence-electron chi connectivity index (χ1n) is 4.75. The quantitative estimate of drug-likeness (QED) is 0.625. The number of aliphatic hydroxyl groups excluding tert-OH is 1. The fourth-order valence-electron chi connectivity index (χ4n) is 1.82. The van der Waals surface area contributed by atoms with Gasteiger partial charge in [0.2, 0.25) is 0 Å². The third-order valence-corrected chi connectivity index (χ3v) is 3.64. The Bertz CT molecular complexity index is 284. The van der Waals surface area contributed by atoms with E-state index in [2.05, 4.69) is 28.4 Å². The molecule has 0 bridgehead atoms. The molecule has 0 saturated heterocycles. The van der Waals surface area contributed by atoms with Crippen molar-refractivity contribution in [3.8, 4) is 0 Å². The van der Waals surface area contributed by atoms with Gasteiger partial charge >= 0.3 is 0 Å². The van der Waals surface area contributed by atoms with Crippen molar-refractivity contribution in [1.29, 1.82) is 0 Å². The Balaban J connectivity index is 3.14. The van der Waals surface area contributed by atoms with Crippen molar-refractivity contribution in [2.75, 3.05) is 0 Å². The summed E-state index contributed by atoms with van der Waals surface area (Å²) in [5.74, 6) is 0. The largest absolute Gasteiger partial charge is 0.386 e. The predicted molar refractivity (Wildman–Crippen MR) is 72.7 cm³/mol. The third kappa shape index (κ3) is 2.54. The summed E-state index contributed by atoms with van der Waals surface area (Å²) < 4.78 is 15.9. The minimum atomic E-state index is -0.961. The average Bonchev–Trinajstić information content (AvgIpc) is 2.31. The Hall–Kier alpha value is 0.610. The van der Waals surface area contributed by atoms with Gasteiger partial charge in [-0.1, -0.05) is 24.3 Å². The van der Waals surface area contributed by atoms with Gasteiger partial charge in [0.15, 0.2) is 0 Å². The molecule has 92 valence electrons. The Kier molecular flexibility index (Phi) is 5.98. The van der Waals surface area contributed by atoms with E-state index in [1.165, 1.54) is 0 Å². The summed E-state index contributed by atoms with van der Waals surface area (Å²) in [4.78, 5) is 0. The van der Waals surface area contributed by atoms with E-state index in [1.807, 2.05) is 13.0 Å². The van der Waals surface area contributed by atoms with Crippen molar-refractivity contribution in [2.24, 2.45) is 0 Å². The molecular weight excluding hydrogens is 265 g/mol. The second-order valence-corrected chi connectivity index (χ2v) is 4.24. The first-order chi connectivity index (χ1) is 7.66. The topological polar surface area (TPSA) is 47.9 Å². The van der Waals surface area contributed by atoms with Crippen molar-refractivity contribution in [1.82, 2.24) is 0 Å². The summed E-state index contributed by atoms with van der Waals surface area (Å²) in [5.41, 5.74) is -0.961. The molecule has 0 aromatic carbocycles. The molecule has 1 rings (SSSR count). The normalized spacial score (nSPS) is 39.4. The van der Waals surface area contributed by atoms with Gasteiger partial charge in [-0.25, -0.2) is 0 Å². The van der Waals surface area contributed by atoms with Crippen molar-refractivity contribution in [3.05, 3.63) is 24.3 Å². The van der Waals surface area contributed by atoms with Crippen LogP contribution in [0.3, 0.4) is 0 Å². The lowest BCUT2D eigenvalue weighted by Crippen LogP contribution is -2.57. The summed E-state index contributed by atoms with van der Waals surface area (Å²) in [5, 5.41) is 10.0. The molecule has 0 radical (unpaired) electrons. The van der Waals surface area contributed by atoms with Crippen LogP contribution in [0.4, 0.5) is 0 Å². The van der Waals surface area contributed by atoms with Gasteiger partial charge < -0.3 is 18.7 Å². The first kappa shape index (κ1) is 14.7. The minimum Gasteiger partial charge on any atom is -0.386 e. The molecule has 1 aliphatic carbocycles. The Labute approximate surface area is 103 Å². The molecule has 0 aromatic heterocycles. The number of aliphatic hydroxyl groups is 1. The van der Waals surface area contributed by atoms with Crippen LogP contribution < -0.4 is 0 Å². The monoisotopic (exact) mass is 282 g/mol. The average molecular weight is 282 g/mol. The van der Waals surface area contributed by atoms with Gasteiger partial charge in [-0.2, -0.15) is 0 Å². The molecular formula is C9H17O4P3. The molecule has 16 heavy (non-hydrogen) atoms. The zero-order valence-corrected chi connectivity index (χ0v) is 12.4. The number of hydrogen-bond acceptors (Lipinski definition) is 4. The van der Waals surface area contributed by atoms with Crippen LogP contribution in [0.15, 0.2) is 24.3 Å². The van der Waals surface area contributed by atoms with Gasteiger partial charge in [-0.05, 0) is 6.92 Å². The standard InChI is InChI=1S/C9H17O4P3/c1-2-5-9(13-16)7(10)4-3-6(11-14)8(9)12-15/h2-8,10H,14-16H2,1H3/b5-2-/t6-,7+,8+,9-/m0/s1. The highest BCUT2D eigenvalue weighted by Gasteiger charge is 2.49.